The summed E-state index contributed by atoms with van der Waals surface area (Å²) in [5, 5.41) is 13.4. The molecule has 1 saturated heterocycles. The second-order valence-corrected chi connectivity index (χ2v) is 5.73. The van der Waals surface area contributed by atoms with E-state index in [1.807, 2.05) is 23.0 Å². The summed E-state index contributed by atoms with van der Waals surface area (Å²) in [6.45, 7) is 0.764. The first-order valence-corrected chi connectivity index (χ1v) is 7.97. The van der Waals surface area contributed by atoms with Gasteiger partial charge in [-0.3, -0.25) is 0 Å². The number of hydrogen-bond donors (Lipinski definition) is 0. The number of esters is 1. The molecule has 0 N–H and O–H groups in total. The minimum Gasteiger partial charge on any atom is -0.465 e. The van der Waals surface area contributed by atoms with Crippen molar-refractivity contribution >= 4 is 5.97 Å². The fraction of sp³-hybridized carbons (Fsp3) is 0.389. The molecule has 0 bridgehead atoms. The van der Waals surface area contributed by atoms with Crippen LogP contribution < -0.4 is 0 Å². The van der Waals surface area contributed by atoms with Crippen molar-refractivity contribution in [1.29, 1.82) is 5.26 Å². The predicted octanol–water partition coefficient (Wildman–Crippen LogP) is 3.10. The summed E-state index contributed by atoms with van der Waals surface area (Å²) in [4.78, 5) is 11.8. The first-order chi connectivity index (χ1) is 11.7. The van der Waals surface area contributed by atoms with E-state index in [-0.39, 0.29) is 12.6 Å². The maximum absolute atomic E-state index is 11.8. The van der Waals surface area contributed by atoms with Gasteiger partial charge in [-0.2, -0.15) is 10.4 Å². The number of methoxy groups -OCH3 is 1. The molecule has 2 aromatic rings. The van der Waals surface area contributed by atoms with E-state index in [2.05, 4.69) is 11.2 Å². The van der Waals surface area contributed by atoms with Crippen molar-refractivity contribution in [2.24, 2.45) is 0 Å². The molecule has 1 unspecified atom stereocenters. The Bertz CT molecular complexity index is 770. The van der Waals surface area contributed by atoms with E-state index in [0.29, 0.717) is 11.1 Å². The summed E-state index contributed by atoms with van der Waals surface area (Å²) in [6, 6.07) is 7.48. The molecule has 3 rings (SSSR count). The normalized spacial score (nSPS) is 17.2. The van der Waals surface area contributed by atoms with Crippen LogP contribution >= 0.6 is 0 Å². The standard InChI is InChI=1S/C18H19N3O3/c1-23-18(22)16-6-5-13(10-14(16)7-8-19)15-11-20-21(12-15)17-4-2-3-9-24-17/h5-6,10-12,17H,2-4,7,9H2,1H3. The third-order valence-electron chi connectivity index (χ3n) is 4.17. The number of hydrogen-bond acceptors (Lipinski definition) is 5. The Labute approximate surface area is 140 Å². The van der Waals surface area contributed by atoms with Crippen molar-refractivity contribution in [3.63, 3.8) is 0 Å². The molecule has 124 valence electrons. The fourth-order valence-corrected chi connectivity index (χ4v) is 2.89. The summed E-state index contributed by atoms with van der Waals surface area (Å²) in [5.41, 5.74) is 2.92. The molecule has 1 aliphatic heterocycles. The van der Waals surface area contributed by atoms with Gasteiger partial charge in [0.05, 0.1) is 31.4 Å². The molecule has 0 spiro atoms. The van der Waals surface area contributed by atoms with Crippen LogP contribution in [-0.2, 0) is 15.9 Å². The van der Waals surface area contributed by atoms with Gasteiger partial charge in [-0.15, -0.1) is 0 Å². The molecule has 1 fully saturated rings. The number of carbonyl (C=O) groups excluding carboxylic acids is 1. The fourth-order valence-electron chi connectivity index (χ4n) is 2.89. The summed E-state index contributed by atoms with van der Waals surface area (Å²) in [7, 11) is 1.33. The molecule has 0 amide bonds. The largest absolute Gasteiger partial charge is 0.465 e. The molecule has 0 aliphatic carbocycles. The van der Waals surface area contributed by atoms with Gasteiger partial charge in [0.15, 0.2) is 0 Å². The van der Waals surface area contributed by atoms with E-state index in [4.69, 9.17) is 14.7 Å². The van der Waals surface area contributed by atoms with E-state index in [1.54, 1.807) is 12.3 Å². The van der Waals surface area contributed by atoms with Crippen LogP contribution in [-0.4, -0.2) is 29.5 Å². The van der Waals surface area contributed by atoms with E-state index in [1.165, 1.54) is 7.11 Å². The number of benzene rings is 1. The Morgan fingerprint density at radius 3 is 3.04 bits per heavy atom. The topological polar surface area (TPSA) is 77.1 Å². The van der Waals surface area contributed by atoms with Gasteiger partial charge in [-0.05, 0) is 42.5 Å². The van der Waals surface area contributed by atoms with E-state index in [0.717, 1.165) is 37.0 Å². The highest BCUT2D eigenvalue weighted by Gasteiger charge is 2.18. The zero-order chi connectivity index (χ0) is 16.9. The van der Waals surface area contributed by atoms with Crippen molar-refractivity contribution < 1.29 is 14.3 Å². The highest BCUT2D eigenvalue weighted by Crippen LogP contribution is 2.27. The van der Waals surface area contributed by atoms with Gasteiger partial charge in [-0.25, -0.2) is 9.48 Å². The SMILES string of the molecule is COC(=O)c1ccc(-c2cnn(C3CCCCO3)c2)cc1CC#N. The summed E-state index contributed by atoms with van der Waals surface area (Å²) in [5.74, 6) is -0.432. The number of aromatic nitrogens is 2. The quantitative estimate of drug-likeness (QED) is 0.807. The minimum atomic E-state index is -0.432. The molecule has 2 heterocycles. The third-order valence-corrected chi connectivity index (χ3v) is 4.17. The third kappa shape index (κ3) is 3.31. The highest BCUT2D eigenvalue weighted by molar-refractivity contribution is 5.92. The maximum atomic E-state index is 11.8. The Morgan fingerprint density at radius 2 is 2.33 bits per heavy atom. The van der Waals surface area contributed by atoms with Gasteiger partial charge in [0.25, 0.3) is 0 Å². The number of ether oxygens (including phenoxy) is 2. The Balaban J connectivity index is 1.89. The molecule has 1 atom stereocenters. The maximum Gasteiger partial charge on any atom is 0.338 e. The van der Waals surface area contributed by atoms with Crippen molar-refractivity contribution in [1.82, 2.24) is 9.78 Å². The van der Waals surface area contributed by atoms with Crippen LogP contribution in [0, 0.1) is 11.3 Å². The average molecular weight is 325 g/mol. The van der Waals surface area contributed by atoms with Gasteiger partial charge < -0.3 is 9.47 Å². The van der Waals surface area contributed by atoms with E-state index >= 15 is 0 Å². The van der Waals surface area contributed by atoms with Crippen LogP contribution in [0.5, 0.6) is 0 Å². The Morgan fingerprint density at radius 1 is 1.46 bits per heavy atom. The van der Waals surface area contributed by atoms with Gasteiger partial charge in [0.2, 0.25) is 0 Å². The number of nitriles is 1. The number of rotatable bonds is 4. The highest BCUT2D eigenvalue weighted by atomic mass is 16.5. The molecule has 1 aliphatic rings. The second-order valence-electron chi connectivity index (χ2n) is 5.73. The lowest BCUT2D eigenvalue weighted by Crippen LogP contribution is -2.18. The molecule has 0 radical (unpaired) electrons. The predicted molar refractivity (Wildman–Crippen MR) is 87.2 cm³/mol. The molecule has 1 aromatic heterocycles. The van der Waals surface area contributed by atoms with Gasteiger partial charge in [-0.1, -0.05) is 6.07 Å². The Kier molecular flexibility index (Phi) is 4.92. The lowest BCUT2D eigenvalue weighted by molar-refractivity contribution is -0.0394. The van der Waals surface area contributed by atoms with Crippen LogP contribution in [0.25, 0.3) is 11.1 Å². The first-order valence-electron chi connectivity index (χ1n) is 7.97. The van der Waals surface area contributed by atoms with Crippen LogP contribution in [0.4, 0.5) is 0 Å². The van der Waals surface area contributed by atoms with Crippen LogP contribution in [0.1, 0.15) is 41.4 Å². The van der Waals surface area contributed by atoms with E-state index < -0.39 is 5.97 Å². The lowest BCUT2D eigenvalue weighted by Gasteiger charge is -2.22. The smallest absolute Gasteiger partial charge is 0.338 e. The van der Waals surface area contributed by atoms with Gasteiger partial charge in [0, 0.05) is 18.4 Å². The number of nitrogens with zero attached hydrogens (tertiary/aromatic N) is 3. The molecule has 0 saturated carbocycles. The lowest BCUT2D eigenvalue weighted by atomic mass is 9.99. The van der Waals surface area contributed by atoms with Crippen LogP contribution in [0.15, 0.2) is 30.6 Å². The molecule has 1 aromatic carbocycles. The summed E-state index contributed by atoms with van der Waals surface area (Å²) in [6.07, 6.45) is 7.05. The second kappa shape index (κ2) is 7.28. The zero-order valence-corrected chi connectivity index (χ0v) is 13.6. The van der Waals surface area contributed by atoms with Crippen LogP contribution in [0.2, 0.25) is 0 Å². The molecular formula is C18H19N3O3. The van der Waals surface area contributed by atoms with Gasteiger partial charge >= 0.3 is 5.97 Å². The van der Waals surface area contributed by atoms with Gasteiger partial charge in [0.1, 0.15) is 6.23 Å². The van der Waals surface area contributed by atoms with Crippen molar-refractivity contribution in [2.75, 3.05) is 13.7 Å². The van der Waals surface area contributed by atoms with E-state index in [9.17, 15) is 4.79 Å². The summed E-state index contributed by atoms with van der Waals surface area (Å²) < 4.78 is 12.3. The number of carbonyl (C=O) groups is 1. The molecule has 6 nitrogen and oxygen atoms in total. The van der Waals surface area contributed by atoms with Crippen molar-refractivity contribution in [3.05, 3.63) is 41.7 Å². The van der Waals surface area contributed by atoms with Crippen molar-refractivity contribution in [3.8, 4) is 17.2 Å². The molecule has 6 heteroatoms. The zero-order valence-electron chi connectivity index (χ0n) is 13.6. The summed E-state index contributed by atoms with van der Waals surface area (Å²) >= 11 is 0. The first kappa shape index (κ1) is 16.2. The van der Waals surface area contributed by atoms with Crippen LogP contribution in [0.3, 0.4) is 0 Å². The average Bonchev–Trinajstić information content (AvgIpc) is 3.12. The molecular weight excluding hydrogens is 306 g/mol. The Hall–Kier alpha value is -2.65. The minimum absolute atomic E-state index is 0.0135. The van der Waals surface area contributed by atoms with Crippen molar-refractivity contribution in [2.45, 2.75) is 31.9 Å². The molecule has 24 heavy (non-hydrogen) atoms. The monoisotopic (exact) mass is 325 g/mol.